The molecule has 1 aromatic rings. The van der Waals surface area contributed by atoms with Gasteiger partial charge in [-0.05, 0) is 62.5 Å². The maximum atomic E-state index is 13.2. The number of unbranched alkanes of at least 4 members (excludes halogenated alkanes) is 3. The first kappa shape index (κ1) is 34.6. The van der Waals surface area contributed by atoms with Crippen LogP contribution in [0.4, 0.5) is 5.69 Å². The summed E-state index contributed by atoms with van der Waals surface area (Å²) in [6, 6.07) is 8.15. The molecule has 9 nitrogen and oxygen atoms in total. The highest BCUT2D eigenvalue weighted by Crippen LogP contribution is 2.22. The third kappa shape index (κ3) is 11.6. The summed E-state index contributed by atoms with van der Waals surface area (Å²) < 4.78 is 5.07. The van der Waals surface area contributed by atoms with E-state index in [2.05, 4.69) is 32.2 Å². The van der Waals surface area contributed by atoms with Gasteiger partial charge in [0.25, 0.3) is 5.91 Å². The van der Waals surface area contributed by atoms with Crippen molar-refractivity contribution in [1.82, 2.24) is 15.1 Å². The lowest BCUT2D eigenvalue weighted by Gasteiger charge is -2.39. The molecule has 3 rings (SSSR count). The standard InChI is InChI=1S/C23H42N4O3.C9H14N2/c1-18(2)17-27(23(29)21(24)10-6-4-5-9-13-30-3)20-14-19(15-25-16-20)22(28)26-11-7-8-12-26;1-3-8-6-4-5-7-9(8)11(2)10/h10,18-20,25H,4-9,11-17,24H2,1-3H3;4-7H,3,10H2,1-2H3/b21-10+;/t19?,20-;/m0./s1. The lowest BCUT2D eigenvalue weighted by Crippen LogP contribution is -2.55. The van der Waals surface area contributed by atoms with E-state index in [1.165, 1.54) is 5.56 Å². The van der Waals surface area contributed by atoms with Gasteiger partial charge in [0.2, 0.25) is 5.91 Å². The van der Waals surface area contributed by atoms with Crippen molar-refractivity contribution < 1.29 is 14.3 Å². The Morgan fingerprint density at radius 2 is 1.85 bits per heavy atom. The molecule has 2 atom stereocenters. The van der Waals surface area contributed by atoms with Gasteiger partial charge in [-0.2, -0.15) is 0 Å². The summed E-state index contributed by atoms with van der Waals surface area (Å²) in [5.74, 6) is 6.04. The van der Waals surface area contributed by atoms with Gasteiger partial charge < -0.3 is 30.6 Å². The molecule has 0 spiro atoms. The van der Waals surface area contributed by atoms with Crippen LogP contribution in [0.5, 0.6) is 0 Å². The lowest BCUT2D eigenvalue weighted by atomic mass is 9.92. The number of carbonyl (C=O) groups is 2. The molecule has 2 amide bonds. The number of anilines is 1. The van der Waals surface area contributed by atoms with E-state index in [4.69, 9.17) is 16.3 Å². The molecule has 2 aliphatic rings. The van der Waals surface area contributed by atoms with Gasteiger partial charge in [-0.15, -0.1) is 0 Å². The number of hydrogen-bond donors (Lipinski definition) is 3. The van der Waals surface area contributed by atoms with Crippen molar-refractivity contribution in [3.63, 3.8) is 0 Å². The highest BCUT2D eigenvalue weighted by Gasteiger charge is 2.35. The van der Waals surface area contributed by atoms with Crippen LogP contribution in [0.2, 0.25) is 0 Å². The van der Waals surface area contributed by atoms with Crippen molar-refractivity contribution in [3.8, 4) is 0 Å². The highest BCUT2D eigenvalue weighted by molar-refractivity contribution is 5.92. The Hall–Kier alpha value is -2.62. The van der Waals surface area contributed by atoms with E-state index < -0.39 is 0 Å². The van der Waals surface area contributed by atoms with Crippen LogP contribution < -0.4 is 21.9 Å². The Bertz CT molecular complexity index is 945. The summed E-state index contributed by atoms with van der Waals surface area (Å²) in [6.45, 7) is 10.9. The molecule has 2 heterocycles. The number of nitrogens with one attached hydrogen (secondary N) is 1. The van der Waals surface area contributed by atoms with Crippen LogP contribution >= 0.6 is 0 Å². The molecule has 9 heteroatoms. The van der Waals surface area contributed by atoms with Crippen LogP contribution in [0.25, 0.3) is 0 Å². The summed E-state index contributed by atoms with van der Waals surface area (Å²) >= 11 is 0. The van der Waals surface area contributed by atoms with Crippen LogP contribution in [-0.2, 0) is 20.7 Å². The average molecular weight is 573 g/mol. The second kappa shape index (κ2) is 18.7. The molecule has 0 aliphatic carbocycles. The molecule has 2 fully saturated rings. The zero-order valence-electron chi connectivity index (χ0n) is 26.2. The zero-order valence-corrected chi connectivity index (χ0v) is 26.2. The molecular weight excluding hydrogens is 516 g/mol. The largest absolute Gasteiger partial charge is 0.395 e. The number of hydrogen-bond acceptors (Lipinski definition) is 7. The molecule has 1 aromatic carbocycles. The number of nitrogens with two attached hydrogens (primary N) is 2. The summed E-state index contributed by atoms with van der Waals surface area (Å²) in [7, 11) is 3.57. The van der Waals surface area contributed by atoms with Gasteiger partial charge in [0.1, 0.15) is 0 Å². The SMILES string of the molecule is CCc1ccccc1N(C)N.COCCCCC/C=C(/N)C(=O)N(CC(C)C)[C@@H]1CNCC(C(=O)N2CCCC2)C1. The maximum Gasteiger partial charge on any atom is 0.269 e. The fraction of sp³-hybridized carbons (Fsp3) is 0.688. The number of methoxy groups -OCH3 is 1. The minimum Gasteiger partial charge on any atom is -0.395 e. The van der Waals surface area contributed by atoms with Crippen molar-refractivity contribution in [2.45, 2.75) is 78.2 Å². The Morgan fingerprint density at radius 3 is 2.46 bits per heavy atom. The number of benzene rings is 1. The molecule has 2 aliphatic heterocycles. The van der Waals surface area contributed by atoms with Crippen molar-refractivity contribution in [3.05, 3.63) is 41.6 Å². The van der Waals surface area contributed by atoms with Crippen LogP contribution in [0.3, 0.4) is 0 Å². The number of likely N-dealkylation sites (tertiary alicyclic amines) is 1. The van der Waals surface area contributed by atoms with Crippen LogP contribution in [0.1, 0.15) is 71.3 Å². The average Bonchev–Trinajstić information content (AvgIpc) is 3.52. The molecular formula is C32H56N6O3. The molecule has 1 unspecified atom stereocenters. The number of rotatable bonds is 13. The molecule has 232 valence electrons. The summed E-state index contributed by atoms with van der Waals surface area (Å²) in [6.07, 6.45) is 9.69. The van der Waals surface area contributed by atoms with Gasteiger partial charge in [0.05, 0.1) is 17.3 Å². The lowest BCUT2D eigenvalue weighted by molar-refractivity contribution is -0.138. The Morgan fingerprint density at radius 1 is 1.15 bits per heavy atom. The van der Waals surface area contributed by atoms with Gasteiger partial charge in [-0.3, -0.25) is 9.59 Å². The number of allylic oxidation sites excluding steroid dienone is 1. The van der Waals surface area contributed by atoms with E-state index in [1.54, 1.807) is 12.1 Å². The molecule has 5 N–H and O–H groups in total. The van der Waals surface area contributed by atoms with Gasteiger partial charge in [-0.25, -0.2) is 5.84 Å². The molecule has 41 heavy (non-hydrogen) atoms. The predicted molar refractivity (Wildman–Crippen MR) is 168 cm³/mol. The van der Waals surface area contributed by atoms with E-state index in [-0.39, 0.29) is 23.8 Å². The third-order valence-corrected chi connectivity index (χ3v) is 7.77. The minimum atomic E-state index is -0.0957. The number of ether oxygens (including phenoxy) is 1. The molecule has 2 saturated heterocycles. The molecule has 0 saturated carbocycles. The number of hydrazine groups is 1. The predicted octanol–water partition coefficient (Wildman–Crippen LogP) is 3.68. The van der Waals surface area contributed by atoms with Crippen LogP contribution in [-0.4, -0.2) is 81.1 Å². The molecule has 0 radical (unpaired) electrons. The Kier molecular flexibility index (Phi) is 15.8. The van der Waals surface area contributed by atoms with Gasteiger partial charge >= 0.3 is 0 Å². The van der Waals surface area contributed by atoms with E-state index >= 15 is 0 Å². The van der Waals surface area contributed by atoms with Gasteiger partial charge in [0, 0.05) is 59.5 Å². The second-order valence-electron chi connectivity index (χ2n) is 11.7. The molecule has 0 bridgehead atoms. The fourth-order valence-electron chi connectivity index (χ4n) is 5.56. The number of piperidine rings is 1. The second-order valence-corrected chi connectivity index (χ2v) is 11.7. The van der Waals surface area contributed by atoms with E-state index in [1.807, 2.05) is 41.1 Å². The number of carbonyl (C=O) groups excluding carboxylic acids is 2. The van der Waals surface area contributed by atoms with Gasteiger partial charge in [0.15, 0.2) is 0 Å². The van der Waals surface area contributed by atoms with Crippen LogP contribution in [0.15, 0.2) is 36.0 Å². The normalized spacial score (nSPS) is 19.1. The quantitative estimate of drug-likeness (QED) is 0.143. The van der Waals surface area contributed by atoms with Crippen molar-refractivity contribution >= 4 is 17.5 Å². The number of amides is 2. The smallest absolute Gasteiger partial charge is 0.269 e. The minimum absolute atomic E-state index is 0.00106. The Labute approximate surface area is 248 Å². The first-order chi connectivity index (χ1) is 19.7. The molecule has 0 aromatic heterocycles. The number of aryl methyl sites for hydroxylation is 1. The van der Waals surface area contributed by atoms with E-state index in [0.29, 0.717) is 37.7 Å². The first-order valence-corrected chi connectivity index (χ1v) is 15.5. The summed E-state index contributed by atoms with van der Waals surface area (Å²) in [5, 5.41) is 5.05. The van der Waals surface area contributed by atoms with E-state index in [0.717, 1.165) is 70.3 Å². The first-order valence-electron chi connectivity index (χ1n) is 15.5. The summed E-state index contributed by atoms with van der Waals surface area (Å²) in [4.78, 5) is 29.9. The number of nitrogens with zero attached hydrogens (tertiary/aromatic N) is 3. The topological polar surface area (TPSA) is 117 Å². The summed E-state index contributed by atoms with van der Waals surface area (Å²) in [5.41, 5.74) is 8.91. The third-order valence-electron chi connectivity index (χ3n) is 7.77. The van der Waals surface area contributed by atoms with Crippen molar-refractivity contribution in [2.75, 3.05) is 58.5 Å². The monoisotopic (exact) mass is 572 g/mol. The zero-order chi connectivity index (χ0) is 30.2. The highest BCUT2D eigenvalue weighted by atomic mass is 16.5. The van der Waals surface area contributed by atoms with Crippen LogP contribution in [0, 0.1) is 11.8 Å². The van der Waals surface area contributed by atoms with Gasteiger partial charge in [-0.1, -0.05) is 51.5 Å². The van der Waals surface area contributed by atoms with Crippen molar-refractivity contribution in [2.24, 2.45) is 23.4 Å². The fourth-order valence-corrected chi connectivity index (χ4v) is 5.56. The van der Waals surface area contributed by atoms with E-state index in [9.17, 15) is 9.59 Å². The Balaban J connectivity index is 0.000000446. The maximum absolute atomic E-state index is 13.2. The van der Waals surface area contributed by atoms with Crippen molar-refractivity contribution in [1.29, 1.82) is 0 Å². The number of para-hydroxylation sites is 1.